The Morgan fingerprint density at radius 2 is 1.74 bits per heavy atom. The molecule has 1 fully saturated rings. The van der Waals surface area contributed by atoms with Gasteiger partial charge in [-0.2, -0.15) is 0 Å². The number of halogens is 1. The number of benzene rings is 2. The number of amides is 1. The smallest absolute Gasteiger partial charge is 0.265 e. The number of fused-ring (bicyclic) bond motifs is 1. The van der Waals surface area contributed by atoms with Gasteiger partial charge >= 0.3 is 0 Å². The Morgan fingerprint density at radius 1 is 1.03 bits per heavy atom. The first-order valence-corrected chi connectivity index (χ1v) is 10.5. The quantitative estimate of drug-likeness (QED) is 0.276. The average Bonchev–Trinajstić information content (AvgIpc) is 2.81. The van der Waals surface area contributed by atoms with E-state index in [0.717, 1.165) is 56.5 Å². The third-order valence-corrected chi connectivity index (χ3v) is 5.56. The van der Waals surface area contributed by atoms with Crippen molar-refractivity contribution < 1.29 is 9.53 Å². The van der Waals surface area contributed by atoms with Crippen molar-refractivity contribution in [1.82, 2.24) is 10.2 Å². The number of aliphatic imine (C=N–C) groups is 1. The third kappa shape index (κ3) is 5.61. The first kappa shape index (κ1) is 23.2. The number of anilines is 2. The summed E-state index contributed by atoms with van der Waals surface area (Å²) < 4.78 is 5.51. The van der Waals surface area contributed by atoms with Gasteiger partial charge in [0.05, 0.1) is 5.69 Å². The van der Waals surface area contributed by atoms with Crippen LogP contribution in [0.2, 0.25) is 0 Å². The van der Waals surface area contributed by atoms with Crippen LogP contribution in [0.4, 0.5) is 11.4 Å². The van der Waals surface area contributed by atoms with Gasteiger partial charge in [0.15, 0.2) is 12.6 Å². The predicted molar refractivity (Wildman–Crippen MR) is 136 cm³/mol. The van der Waals surface area contributed by atoms with Crippen molar-refractivity contribution in [3.8, 4) is 5.75 Å². The van der Waals surface area contributed by atoms with Gasteiger partial charge in [-0.25, -0.2) is 0 Å². The fourth-order valence-corrected chi connectivity index (χ4v) is 3.98. The van der Waals surface area contributed by atoms with E-state index in [1.807, 2.05) is 36.2 Å². The van der Waals surface area contributed by atoms with E-state index in [2.05, 4.69) is 50.4 Å². The molecule has 0 unspecified atom stereocenters. The van der Waals surface area contributed by atoms with E-state index < -0.39 is 0 Å². The van der Waals surface area contributed by atoms with E-state index in [-0.39, 0.29) is 36.5 Å². The lowest BCUT2D eigenvalue weighted by atomic mass is 10.2. The Labute approximate surface area is 201 Å². The SMILES string of the molecule is CN=C(NCCCN1C(=O)COc2ccccc21)N1CCN(c2ccccc2)CC1.I. The van der Waals surface area contributed by atoms with Gasteiger partial charge in [0.1, 0.15) is 5.75 Å². The summed E-state index contributed by atoms with van der Waals surface area (Å²) in [6.07, 6.45) is 0.836. The minimum Gasteiger partial charge on any atom is -0.482 e. The van der Waals surface area contributed by atoms with E-state index in [4.69, 9.17) is 4.74 Å². The zero-order valence-corrected chi connectivity index (χ0v) is 20.2. The fraction of sp³-hybridized carbons (Fsp3) is 0.391. The molecule has 0 bridgehead atoms. The van der Waals surface area contributed by atoms with Gasteiger partial charge in [-0.05, 0) is 30.7 Å². The van der Waals surface area contributed by atoms with E-state index in [9.17, 15) is 4.79 Å². The van der Waals surface area contributed by atoms with Crippen LogP contribution in [-0.2, 0) is 4.79 Å². The highest BCUT2D eigenvalue weighted by molar-refractivity contribution is 14.0. The van der Waals surface area contributed by atoms with E-state index in [0.29, 0.717) is 6.54 Å². The summed E-state index contributed by atoms with van der Waals surface area (Å²) >= 11 is 0. The van der Waals surface area contributed by atoms with Crippen LogP contribution in [0.1, 0.15) is 6.42 Å². The molecule has 7 nitrogen and oxygen atoms in total. The molecule has 0 spiro atoms. The second kappa shape index (κ2) is 11.2. The maximum absolute atomic E-state index is 12.3. The zero-order chi connectivity index (χ0) is 20.8. The van der Waals surface area contributed by atoms with Crippen LogP contribution in [0.15, 0.2) is 59.6 Å². The van der Waals surface area contributed by atoms with Gasteiger partial charge in [-0.15, -0.1) is 24.0 Å². The Hall–Kier alpha value is -2.49. The molecule has 166 valence electrons. The number of carbonyl (C=O) groups excluding carboxylic acids is 1. The van der Waals surface area contributed by atoms with E-state index >= 15 is 0 Å². The Kier molecular flexibility index (Phi) is 8.39. The number of rotatable bonds is 5. The number of ether oxygens (including phenoxy) is 1. The van der Waals surface area contributed by atoms with Crippen molar-refractivity contribution in [3.63, 3.8) is 0 Å². The summed E-state index contributed by atoms with van der Waals surface area (Å²) in [5, 5.41) is 3.46. The molecule has 0 radical (unpaired) electrons. The first-order chi connectivity index (χ1) is 14.8. The Bertz CT molecular complexity index is 885. The van der Waals surface area contributed by atoms with Gasteiger partial charge < -0.3 is 24.8 Å². The van der Waals surface area contributed by atoms with Crippen LogP contribution in [0, 0.1) is 0 Å². The second-order valence-electron chi connectivity index (χ2n) is 7.44. The summed E-state index contributed by atoms with van der Waals surface area (Å²) in [7, 11) is 1.83. The number of hydrogen-bond donors (Lipinski definition) is 1. The molecular formula is C23H30IN5O2. The van der Waals surface area contributed by atoms with Crippen molar-refractivity contribution in [2.24, 2.45) is 4.99 Å². The standard InChI is InChI=1S/C23H29N5O2.HI/c1-24-23(27-16-14-26(15-17-27)19-8-3-2-4-9-19)25-12-7-13-28-20-10-5-6-11-21(20)30-18-22(28)29;/h2-6,8-11H,7,12-18H2,1H3,(H,24,25);1H. The summed E-state index contributed by atoms with van der Waals surface area (Å²) in [5.41, 5.74) is 2.13. The molecule has 2 heterocycles. The average molecular weight is 535 g/mol. The van der Waals surface area contributed by atoms with Crippen molar-refractivity contribution in [2.75, 3.05) is 62.7 Å². The number of guanidine groups is 1. The minimum absolute atomic E-state index is 0. The summed E-state index contributed by atoms with van der Waals surface area (Å²) in [4.78, 5) is 23.3. The molecule has 31 heavy (non-hydrogen) atoms. The lowest BCUT2D eigenvalue weighted by Crippen LogP contribution is -2.52. The highest BCUT2D eigenvalue weighted by Crippen LogP contribution is 2.31. The summed E-state index contributed by atoms with van der Waals surface area (Å²) in [6.45, 7) is 5.35. The van der Waals surface area contributed by atoms with E-state index in [1.54, 1.807) is 0 Å². The zero-order valence-electron chi connectivity index (χ0n) is 17.9. The van der Waals surface area contributed by atoms with Gasteiger partial charge in [-0.1, -0.05) is 30.3 Å². The number of nitrogens with one attached hydrogen (secondary N) is 1. The van der Waals surface area contributed by atoms with Gasteiger partial charge in [0.2, 0.25) is 0 Å². The molecule has 2 aliphatic heterocycles. The van der Waals surface area contributed by atoms with E-state index in [1.165, 1.54) is 5.69 Å². The lowest BCUT2D eigenvalue weighted by molar-refractivity contribution is -0.121. The molecule has 1 saturated heterocycles. The minimum atomic E-state index is 0. The molecule has 0 saturated carbocycles. The van der Waals surface area contributed by atoms with Crippen LogP contribution in [0.5, 0.6) is 5.75 Å². The van der Waals surface area contributed by atoms with Crippen LogP contribution in [0.25, 0.3) is 0 Å². The third-order valence-electron chi connectivity index (χ3n) is 5.56. The summed E-state index contributed by atoms with van der Waals surface area (Å²) in [5.74, 6) is 1.71. The number of para-hydroxylation sites is 3. The molecule has 1 amide bonds. The Balaban J connectivity index is 0.00000272. The van der Waals surface area contributed by atoms with Crippen LogP contribution in [-0.4, -0.2) is 69.7 Å². The largest absolute Gasteiger partial charge is 0.482 e. The molecule has 2 aliphatic rings. The van der Waals surface area contributed by atoms with Crippen molar-refractivity contribution in [2.45, 2.75) is 6.42 Å². The summed E-state index contributed by atoms with van der Waals surface area (Å²) in [6, 6.07) is 18.2. The highest BCUT2D eigenvalue weighted by atomic mass is 127. The molecule has 0 aromatic heterocycles. The number of piperazine rings is 1. The van der Waals surface area contributed by atoms with Crippen LogP contribution >= 0.6 is 24.0 Å². The number of nitrogens with zero attached hydrogens (tertiary/aromatic N) is 4. The van der Waals surface area contributed by atoms with Crippen molar-refractivity contribution in [1.29, 1.82) is 0 Å². The second-order valence-corrected chi connectivity index (χ2v) is 7.44. The normalized spacial score (nSPS) is 16.4. The maximum atomic E-state index is 12.3. The number of carbonyl (C=O) groups is 1. The monoisotopic (exact) mass is 535 g/mol. The van der Waals surface area contributed by atoms with Gasteiger partial charge in [0.25, 0.3) is 5.91 Å². The van der Waals surface area contributed by atoms with Crippen molar-refractivity contribution >= 4 is 47.2 Å². The van der Waals surface area contributed by atoms with Crippen LogP contribution < -0.4 is 19.9 Å². The molecular weight excluding hydrogens is 505 g/mol. The molecule has 2 aromatic rings. The molecule has 8 heteroatoms. The Morgan fingerprint density at radius 3 is 2.48 bits per heavy atom. The fourth-order valence-electron chi connectivity index (χ4n) is 3.98. The highest BCUT2D eigenvalue weighted by Gasteiger charge is 2.25. The first-order valence-electron chi connectivity index (χ1n) is 10.5. The molecule has 0 aliphatic carbocycles. The molecule has 0 atom stereocenters. The topological polar surface area (TPSA) is 60.4 Å². The predicted octanol–water partition coefficient (Wildman–Crippen LogP) is 2.82. The maximum Gasteiger partial charge on any atom is 0.265 e. The molecule has 2 aromatic carbocycles. The molecule has 4 rings (SSSR count). The van der Waals surface area contributed by atoms with Crippen LogP contribution in [0.3, 0.4) is 0 Å². The molecule has 1 N–H and O–H groups in total. The lowest BCUT2D eigenvalue weighted by Gasteiger charge is -2.37. The number of hydrogen-bond acceptors (Lipinski definition) is 4. The van der Waals surface area contributed by atoms with Crippen molar-refractivity contribution in [3.05, 3.63) is 54.6 Å². The van der Waals surface area contributed by atoms with Gasteiger partial charge in [0, 0.05) is 52.0 Å². The van der Waals surface area contributed by atoms with Gasteiger partial charge in [-0.3, -0.25) is 9.79 Å².